The van der Waals surface area contributed by atoms with Gasteiger partial charge in [-0.3, -0.25) is 9.48 Å². The van der Waals surface area contributed by atoms with Gasteiger partial charge in [-0.05, 0) is 13.0 Å². The number of sulfonamides is 1. The molecule has 0 saturated heterocycles. The molecule has 1 aliphatic heterocycles. The van der Waals surface area contributed by atoms with E-state index in [0.717, 1.165) is 0 Å². The summed E-state index contributed by atoms with van der Waals surface area (Å²) in [6.07, 6.45) is 1.51. The van der Waals surface area contributed by atoms with Gasteiger partial charge in [-0.1, -0.05) is 0 Å². The standard InChI is InChI=1S/C15H22N6O4S/c1-11-17-14(10-19(11)2)26(23,24)20-5-6-21-12(9-20)8-13(18-21)15(22)16-4-7-25-3/h8,10H,4-7,9H2,1-3H3,(H,16,22). The van der Waals surface area contributed by atoms with Crippen LogP contribution in [0.15, 0.2) is 17.3 Å². The van der Waals surface area contributed by atoms with Crippen molar-refractivity contribution in [3.63, 3.8) is 0 Å². The Morgan fingerprint density at radius 1 is 1.38 bits per heavy atom. The molecule has 0 unspecified atom stereocenters. The molecule has 2 aromatic rings. The van der Waals surface area contributed by atoms with Crippen LogP contribution in [0.3, 0.4) is 0 Å². The number of amides is 1. The lowest BCUT2D eigenvalue weighted by Gasteiger charge is -2.25. The van der Waals surface area contributed by atoms with Gasteiger partial charge in [0.1, 0.15) is 11.5 Å². The maximum absolute atomic E-state index is 12.8. The van der Waals surface area contributed by atoms with E-state index in [1.807, 2.05) is 0 Å². The first-order valence-corrected chi connectivity index (χ1v) is 9.61. The van der Waals surface area contributed by atoms with E-state index in [1.54, 1.807) is 36.4 Å². The second-order valence-electron chi connectivity index (χ2n) is 6.07. The second kappa shape index (κ2) is 7.17. The third-order valence-electron chi connectivity index (χ3n) is 4.28. The lowest BCUT2D eigenvalue weighted by atomic mass is 10.3. The van der Waals surface area contributed by atoms with Crippen LogP contribution in [0, 0.1) is 6.92 Å². The molecule has 10 nitrogen and oxygen atoms in total. The molecule has 0 fully saturated rings. The molecule has 1 amide bonds. The summed E-state index contributed by atoms with van der Waals surface area (Å²) in [5.41, 5.74) is 0.938. The summed E-state index contributed by atoms with van der Waals surface area (Å²) in [5, 5.41) is 6.99. The van der Waals surface area contributed by atoms with Crippen molar-refractivity contribution in [1.29, 1.82) is 0 Å². The number of imidazole rings is 1. The molecule has 26 heavy (non-hydrogen) atoms. The summed E-state index contributed by atoms with van der Waals surface area (Å²) < 4.78 is 35.2. The molecule has 142 valence electrons. The molecule has 11 heteroatoms. The van der Waals surface area contributed by atoms with E-state index in [9.17, 15) is 13.2 Å². The van der Waals surface area contributed by atoms with Crippen LogP contribution in [0.4, 0.5) is 0 Å². The Morgan fingerprint density at radius 2 is 2.15 bits per heavy atom. The summed E-state index contributed by atoms with van der Waals surface area (Å²) in [6.45, 7) is 3.35. The van der Waals surface area contributed by atoms with Crippen LogP contribution >= 0.6 is 0 Å². The van der Waals surface area contributed by atoms with Crippen LogP contribution in [0.5, 0.6) is 0 Å². The minimum atomic E-state index is -3.69. The van der Waals surface area contributed by atoms with Crippen molar-refractivity contribution in [2.45, 2.75) is 25.0 Å². The number of ether oxygens (including phenoxy) is 1. The van der Waals surface area contributed by atoms with Crippen molar-refractivity contribution in [3.05, 3.63) is 29.5 Å². The summed E-state index contributed by atoms with van der Waals surface area (Å²) in [4.78, 5) is 16.2. The number of carbonyl (C=O) groups is 1. The zero-order valence-electron chi connectivity index (χ0n) is 15.0. The Morgan fingerprint density at radius 3 is 2.81 bits per heavy atom. The molecule has 0 aromatic carbocycles. The van der Waals surface area contributed by atoms with Crippen molar-refractivity contribution in [1.82, 2.24) is 29.0 Å². The molecule has 0 atom stereocenters. The van der Waals surface area contributed by atoms with E-state index in [-0.39, 0.29) is 29.7 Å². The minimum Gasteiger partial charge on any atom is -0.383 e. The third kappa shape index (κ3) is 3.50. The molecule has 1 aliphatic rings. The first kappa shape index (κ1) is 18.5. The molecule has 0 bridgehead atoms. The number of aryl methyl sites for hydroxylation is 2. The van der Waals surface area contributed by atoms with Gasteiger partial charge in [0.25, 0.3) is 15.9 Å². The van der Waals surface area contributed by atoms with Gasteiger partial charge in [0.15, 0.2) is 5.03 Å². The van der Waals surface area contributed by atoms with E-state index < -0.39 is 10.0 Å². The lowest BCUT2D eigenvalue weighted by molar-refractivity contribution is 0.0931. The van der Waals surface area contributed by atoms with Crippen molar-refractivity contribution in [2.24, 2.45) is 7.05 Å². The molecule has 0 spiro atoms. The predicted molar refractivity (Wildman–Crippen MR) is 92.0 cm³/mol. The van der Waals surface area contributed by atoms with Crippen molar-refractivity contribution in [2.75, 3.05) is 26.8 Å². The fourth-order valence-electron chi connectivity index (χ4n) is 2.70. The number of nitrogens with zero attached hydrogens (tertiary/aromatic N) is 5. The molecule has 0 radical (unpaired) electrons. The third-order valence-corrected chi connectivity index (χ3v) is 5.99. The number of carbonyl (C=O) groups excluding carboxylic acids is 1. The Balaban J connectivity index is 1.76. The number of aromatic nitrogens is 4. The van der Waals surface area contributed by atoms with Gasteiger partial charge in [0.2, 0.25) is 0 Å². The van der Waals surface area contributed by atoms with Crippen LogP contribution in [0.25, 0.3) is 0 Å². The van der Waals surface area contributed by atoms with Gasteiger partial charge < -0.3 is 14.6 Å². The van der Waals surface area contributed by atoms with Crippen molar-refractivity contribution < 1.29 is 17.9 Å². The number of fused-ring (bicyclic) bond motifs is 1. The molecule has 3 heterocycles. The van der Waals surface area contributed by atoms with E-state index in [4.69, 9.17) is 4.74 Å². The van der Waals surface area contributed by atoms with Crippen LogP contribution in [-0.2, 0) is 34.9 Å². The molecule has 1 N–H and O–H groups in total. The predicted octanol–water partition coefficient (Wildman–Crippen LogP) is -0.494. The Bertz CT molecular complexity index is 897. The number of nitrogens with one attached hydrogen (secondary N) is 1. The first-order valence-electron chi connectivity index (χ1n) is 8.17. The highest BCUT2D eigenvalue weighted by Gasteiger charge is 2.31. The number of hydrogen-bond acceptors (Lipinski definition) is 6. The molecule has 0 aliphatic carbocycles. The van der Waals surface area contributed by atoms with Crippen LogP contribution in [0.2, 0.25) is 0 Å². The van der Waals surface area contributed by atoms with Gasteiger partial charge in [0.05, 0.1) is 25.4 Å². The Kier molecular flexibility index (Phi) is 5.12. The average Bonchev–Trinajstić information content (AvgIpc) is 3.18. The largest absolute Gasteiger partial charge is 0.383 e. The van der Waals surface area contributed by atoms with Crippen LogP contribution < -0.4 is 5.32 Å². The van der Waals surface area contributed by atoms with Gasteiger partial charge >= 0.3 is 0 Å². The van der Waals surface area contributed by atoms with E-state index >= 15 is 0 Å². The van der Waals surface area contributed by atoms with Crippen molar-refractivity contribution >= 4 is 15.9 Å². The minimum absolute atomic E-state index is 0.0306. The van der Waals surface area contributed by atoms with Crippen molar-refractivity contribution in [3.8, 4) is 0 Å². The second-order valence-corrected chi connectivity index (χ2v) is 7.95. The molecular weight excluding hydrogens is 360 g/mol. The van der Waals surface area contributed by atoms with Crippen LogP contribution in [0.1, 0.15) is 22.0 Å². The fourth-order valence-corrected chi connectivity index (χ4v) is 4.13. The molecule has 3 rings (SSSR count). The zero-order chi connectivity index (χ0) is 18.9. The molecule has 2 aromatic heterocycles. The Labute approximate surface area is 151 Å². The summed E-state index contributed by atoms with van der Waals surface area (Å²) >= 11 is 0. The van der Waals surface area contributed by atoms with E-state index in [1.165, 1.54) is 10.5 Å². The maximum atomic E-state index is 12.8. The fraction of sp³-hybridized carbons (Fsp3) is 0.533. The van der Waals surface area contributed by atoms with E-state index in [2.05, 4.69) is 15.4 Å². The Hall–Kier alpha value is -2.24. The van der Waals surface area contributed by atoms with Gasteiger partial charge in [0, 0.05) is 33.4 Å². The summed E-state index contributed by atoms with van der Waals surface area (Å²) in [5.74, 6) is 0.319. The van der Waals surface area contributed by atoms with Gasteiger partial charge in [-0.2, -0.15) is 9.40 Å². The number of hydrogen-bond donors (Lipinski definition) is 1. The highest BCUT2D eigenvalue weighted by molar-refractivity contribution is 7.89. The van der Waals surface area contributed by atoms with Crippen LogP contribution in [-0.4, -0.2) is 64.8 Å². The lowest BCUT2D eigenvalue weighted by Crippen LogP contribution is -2.38. The van der Waals surface area contributed by atoms with Gasteiger partial charge in [-0.15, -0.1) is 0 Å². The average molecular weight is 382 g/mol. The topological polar surface area (TPSA) is 111 Å². The quantitative estimate of drug-likeness (QED) is 0.675. The molecular formula is C15H22N6O4S. The highest BCUT2D eigenvalue weighted by Crippen LogP contribution is 2.21. The molecule has 0 saturated carbocycles. The van der Waals surface area contributed by atoms with Gasteiger partial charge in [-0.25, -0.2) is 13.4 Å². The summed E-state index contributed by atoms with van der Waals surface area (Å²) in [7, 11) is -0.386. The first-order chi connectivity index (χ1) is 12.3. The summed E-state index contributed by atoms with van der Waals surface area (Å²) in [6, 6.07) is 1.62. The highest BCUT2D eigenvalue weighted by atomic mass is 32.2. The zero-order valence-corrected chi connectivity index (χ0v) is 15.8. The van der Waals surface area contributed by atoms with E-state index in [0.29, 0.717) is 31.2 Å². The number of rotatable bonds is 6. The number of methoxy groups -OCH3 is 1. The monoisotopic (exact) mass is 382 g/mol. The normalized spacial score (nSPS) is 15.0. The maximum Gasteiger partial charge on any atom is 0.271 e. The smallest absolute Gasteiger partial charge is 0.271 e. The SMILES string of the molecule is COCCNC(=O)c1cc2n(n1)CCN(S(=O)(=O)c1cn(C)c(C)n1)C2.